The van der Waals surface area contributed by atoms with Gasteiger partial charge in [0.1, 0.15) is 6.61 Å². The van der Waals surface area contributed by atoms with Gasteiger partial charge in [-0.05, 0) is 25.0 Å². The Bertz CT molecular complexity index is 323. The lowest BCUT2D eigenvalue weighted by atomic mass is 10.2. The monoisotopic (exact) mass is 180 g/mol. The van der Waals surface area contributed by atoms with E-state index < -0.39 is 6.09 Å². The SMILES string of the molecule is Cc1cnc(COC(N)=O)c(C)c1. The molecule has 2 N–H and O–H groups in total. The van der Waals surface area contributed by atoms with Crippen LogP contribution < -0.4 is 5.73 Å². The number of ether oxygens (including phenoxy) is 1. The molecule has 0 fully saturated rings. The first-order valence-corrected chi connectivity index (χ1v) is 3.94. The molecule has 0 atom stereocenters. The molecule has 0 aromatic carbocycles. The Labute approximate surface area is 76.7 Å². The Kier molecular flexibility index (Phi) is 2.84. The zero-order valence-corrected chi connectivity index (χ0v) is 7.70. The molecule has 4 heteroatoms. The molecule has 1 aromatic rings. The van der Waals surface area contributed by atoms with Crippen molar-refractivity contribution in [2.45, 2.75) is 20.5 Å². The van der Waals surface area contributed by atoms with E-state index in [1.54, 1.807) is 6.20 Å². The topological polar surface area (TPSA) is 65.2 Å². The molecule has 0 aliphatic rings. The van der Waals surface area contributed by atoms with Gasteiger partial charge >= 0.3 is 6.09 Å². The smallest absolute Gasteiger partial charge is 0.404 e. The maximum atomic E-state index is 10.3. The van der Waals surface area contributed by atoms with Gasteiger partial charge in [-0.1, -0.05) is 6.07 Å². The minimum absolute atomic E-state index is 0.140. The minimum Gasteiger partial charge on any atom is -0.443 e. The Morgan fingerprint density at radius 2 is 2.31 bits per heavy atom. The molecule has 70 valence electrons. The van der Waals surface area contributed by atoms with Gasteiger partial charge in [0.2, 0.25) is 0 Å². The lowest BCUT2D eigenvalue weighted by Gasteiger charge is -2.04. The Hall–Kier alpha value is -1.58. The Balaban J connectivity index is 2.72. The molecule has 0 saturated heterocycles. The van der Waals surface area contributed by atoms with Crippen LogP contribution in [0.25, 0.3) is 0 Å². The van der Waals surface area contributed by atoms with Crippen LogP contribution in [-0.2, 0) is 11.3 Å². The molecule has 0 unspecified atom stereocenters. The molecule has 0 bridgehead atoms. The van der Waals surface area contributed by atoms with Crippen LogP contribution in [0.3, 0.4) is 0 Å². The van der Waals surface area contributed by atoms with Gasteiger partial charge < -0.3 is 10.5 Å². The molecule has 1 amide bonds. The maximum absolute atomic E-state index is 10.3. The summed E-state index contributed by atoms with van der Waals surface area (Å²) in [5, 5.41) is 0. The average Bonchev–Trinajstić information content (AvgIpc) is 2.02. The number of aryl methyl sites for hydroxylation is 2. The highest BCUT2D eigenvalue weighted by molar-refractivity contribution is 5.64. The predicted octanol–water partition coefficient (Wildman–Crippen LogP) is 1.29. The molecule has 1 heterocycles. The van der Waals surface area contributed by atoms with Crippen LogP contribution in [0.2, 0.25) is 0 Å². The van der Waals surface area contributed by atoms with Crippen molar-refractivity contribution < 1.29 is 9.53 Å². The molecule has 1 aromatic heterocycles. The van der Waals surface area contributed by atoms with E-state index in [1.807, 2.05) is 19.9 Å². The Morgan fingerprint density at radius 3 is 2.85 bits per heavy atom. The summed E-state index contributed by atoms with van der Waals surface area (Å²) >= 11 is 0. The third-order valence-electron chi connectivity index (χ3n) is 1.67. The number of amides is 1. The summed E-state index contributed by atoms with van der Waals surface area (Å²) < 4.78 is 4.62. The van der Waals surface area contributed by atoms with Crippen LogP contribution in [0.1, 0.15) is 16.8 Å². The lowest BCUT2D eigenvalue weighted by molar-refractivity contribution is 0.148. The lowest BCUT2D eigenvalue weighted by Crippen LogP contribution is -2.13. The van der Waals surface area contributed by atoms with Crippen LogP contribution >= 0.6 is 0 Å². The molecule has 0 saturated carbocycles. The van der Waals surface area contributed by atoms with Gasteiger partial charge in [0.05, 0.1) is 5.69 Å². The maximum Gasteiger partial charge on any atom is 0.404 e. The van der Waals surface area contributed by atoms with Crippen molar-refractivity contribution >= 4 is 6.09 Å². The van der Waals surface area contributed by atoms with Gasteiger partial charge in [-0.25, -0.2) is 4.79 Å². The first-order valence-electron chi connectivity index (χ1n) is 3.94. The number of primary amides is 1. The fraction of sp³-hybridized carbons (Fsp3) is 0.333. The molecule has 0 spiro atoms. The first-order chi connectivity index (χ1) is 6.09. The van der Waals surface area contributed by atoms with E-state index in [0.717, 1.165) is 16.8 Å². The largest absolute Gasteiger partial charge is 0.443 e. The molecule has 1 rings (SSSR count). The number of carbonyl (C=O) groups excluding carboxylic acids is 1. The number of hydrogen-bond donors (Lipinski definition) is 1. The van der Waals surface area contributed by atoms with Gasteiger partial charge in [0.25, 0.3) is 0 Å². The van der Waals surface area contributed by atoms with E-state index in [4.69, 9.17) is 5.73 Å². The normalized spacial score (nSPS) is 9.69. The van der Waals surface area contributed by atoms with Crippen molar-refractivity contribution in [3.63, 3.8) is 0 Å². The van der Waals surface area contributed by atoms with E-state index in [2.05, 4.69) is 9.72 Å². The summed E-state index contributed by atoms with van der Waals surface area (Å²) in [6, 6.07) is 1.98. The zero-order chi connectivity index (χ0) is 9.84. The van der Waals surface area contributed by atoms with Crippen molar-refractivity contribution in [2.24, 2.45) is 5.73 Å². The first kappa shape index (κ1) is 9.51. The van der Waals surface area contributed by atoms with Gasteiger partial charge in [-0.2, -0.15) is 0 Å². The number of nitrogens with zero attached hydrogens (tertiary/aromatic N) is 1. The number of pyridine rings is 1. The average molecular weight is 180 g/mol. The standard InChI is InChI=1S/C9H12N2O2/c1-6-3-7(2)8(11-4-6)5-13-9(10)12/h3-4H,5H2,1-2H3,(H2,10,12). The number of nitrogens with two attached hydrogens (primary N) is 1. The molecular weight excluding hydrogens is 168 g/mol. The van der Waals surface area contributed by atoms with E-state index in [0.29, 0.717) is 0 Å². The fourth-order valence-corrected chi connectivity index (χ4v) is 1.03. The van der Waals surface area contributed by atoms with Crippen molar-refractivity contribution in [3.8, 4) is 0 Å². The molecule has 13 heavy (non-hydrogen) atoms. The molecule has 0 aliphatic heterocycles. The van der Waals surface area contributed by atoms with Crippen molar-refractivity contribution in [1.29, 1.82) is 0 Å². The molecule has 0 radical (unpaired) electrons. The highest BCUT2D eigenvalue weighted by atomic mass is 16.5. The van der Waals surface area contributed by atoms with Crippen LogP contribution in [-0.4, -0.2) is 11.1 Å². The van der Waals surface area contributed by atoms with Crippen LogP contribution in [0.5, 0.6) is 0 Å². The second-order valence-electron chi connectivity index (χ2n) is 2.88. The Morgan fingerprint density at radius 1 is 1.62 bits per heavy atom. The van der Waals surface area contributed by atoms with Gasteiger partial charge in [0, 0.05) is 6.20 Å². The highest BCUT2D eigenvalue weighted by Gasteiger charge is 2.02. The van der Waals surface area contributed by atoms with Crippen molar-refractivity contribution in [2.75, 3.05) is 0 Å². The van der Waals surface area contributed by atoms with E-state index in [-0.39, 0.29) is 6.61 Å². The number of aromatic nitrogens is 1. The molecule has 0 aliphatic carbocycles. The third kappa shape index (κ3) is 2.74. The summed E-state index contributed by atoms with van der Waals surface area (Å²) in [6.45, 7) is 4.01. The second kappa shape index (κ2) is 3.89. The van der Waals surface area contributed by atoms with Gasteiger partial charge in [0.15, 0.2) is 0 Å². The number of hydrogen-bond acceptors (Lipinski definition) is 3. The minimum atomic E-state index is -0.776. The fourth-order valence-electron chi connectivity index (χ4n) is 1.03. The van der Waals surface area contributed by atoms with Crippen LogP contribution in [0, 0.1) is 13.8 Å². The predicted molar refractivity (Wildman–Crippen MR) is 48.1 cm³/mol. The number of carbonyl (C=O) groups is 1. The number of rotatable bonds is 2. The molecular formula is C9H12N2O2. The second-order valence-corrected chi connectivity index (χ2v) is 2.88. The van der Waals surface area contributed by atoms with Crippen LogP contribution in [0.15, 0.2) is 12.3 Å². The van der Waals surface area contributed by atoms with Gasteiger partial charge in [-0.15, -0.1) is 0 Å². The van der Waals surface area contributed by atoms with Crippen molar-refractivity contribution in [3.05, 3.63) is 29.1 Å². The van der Waals surface area contributed by atoms with Crippen LogP contribution in [0.4, 0.5) is 4.79 Å². The van der Waals surface area contributed by atoms with Gasteiger partial charge in [-0.3, -0.25) is 4.98 Å². The van der Waals surface area contributed by atoms with E-state index in [1.165, 1.54) is 0 Å². The summed E-state index contributed by atoms with van der Waals surface area (Å²) in [5.74, 6) is 0. The highest BCUT2D eigenvalue weighted by Crippen LogP contribution is 2.07. The summed E-state index contributed by atoms with van der Waals surface area (Å²) in [6.07, 6.45) is 0.953. The zero-order valence-electron chi connectivity index (χ0n) is 7.70. The molecule has 4 nitrogen and oxygen atoms in total. The van der Waals surface area contributed by atoms with E-state index in [9.17, 15) is 4.79 Å². The summed E-state index contributed by atoms with van der Waals surface area (Å²) in [5.41, 5.74) is 7.66. The third-order valence-corrected chi connectivity index (χ3v) is 1.67. The van der Waals surface area contributed by atoms with E-state index >= 15 is 0 Å². The van der Waals surface area contributed by atoms with Crippen molar-refractivity contribution in [1.82, 2.24) is 4.98 Å². The quantitative estimate of drug-likeness (QED) is 0.745. The summed E-state index contributed by atoms with van der Waals surface area (Å²) in [7, 11) is 0. The summed E-state index contributed by atoms with van der Waals surface area (Å²) in [4.78, 5) is 14.4.